The van der Waals surface area contributed by atoms with Gasteiger partial charge < -0.3 is 15.8 Å². The number of carbonyl (C=O) groups excluding carboxylic acids is 1. The molecule has 5 nitrogen and oxygen atoms in total. The maximum absolute atomic E-state index is 11.2. The summed E-state index contributed by atoms with van der Waals surface area (Å²) in [4.78, 5) is 15.8. The molecule has 0 atom stereocenters. The van der Waals surface area contributed by atoms with E-state index < -0.39 is 0 Å². The second-order valence-corrected chi connectivity index (χ2v) is 5.05. The minimum Gasteiger partial charge on any atom is -0.494 e. The molecule has 23 heavy (non-hydrogen) atoms. The van der Waals surface area contributed by atoms with Crippen molar-refractivity contribution in [2.45, 2.75) is 13.8 Å². The third-order valence-electron chi connectivity index (χ3n) is 3.42. The quantitative estimate of drug-likeness (QED) is 0.716. The second-order valence-electron chi connectivity index (χ2n) is 5.05. The van der Waals surface area contributed by atoms with Crippen molar-refractivity contribution in [3.05, 3.63) is 36.4 Å². The minimum absolute atomic E-state index is 0. The number of hydrogen-bond donors (Lipinski definition) is 2. The fourth-order valence-electron chi connectivity index (χ4n) is 2.49. The molecule has 1 heterocycles. The molecule has 1 amide bonds. The summed E-state index contributed by atoms with van der Waals surface area (Å²) in [7, 11) is 0. The first-order valence-corrected chi connectivity index (χ1v) is 7.12. The van der Waals surface area contributed by atoms with Crippen LogP contribution in [0, 0.1) is 0 Å². The SMILES string of the molecule is CCOc1ccc2nc3cc(NC(C)=O)ccc3c(N)c2c1.Cl. The first-order valence-electron chi connectivity index (χ1n) is 7.12. The Labute approximate surface area is 140 Å². The molecule has 0 unspecified atom stereocenters. The largest absolute Gasteiger partial charge is 0.494 e. The molecule has 0 spiro atoms. The van der Waals surface area contributed by atoms with Crippen LogP contribution in [0.1, 0.15) is 13.8 Å². The number of ether oxygens (including phenoxy) is 1. The van der Waals surface area contributed by atoms with Crippen LogP contribution < -0.4 is 15.8 Å². The normalized spacial score (nSPS) is 10.3. The van der Waals surface area contributed by atoms with Crippen LogP contribution in [-0.2, 0) is 4.79 Å². The molecule has 3 rings (SSSR count). The molecule has 1 aromatic heterocycles. The van der Waals surface area contributed by atoms with E-state index in [1.54, 1.807) is 0 Å². The number of pyridine rings is 1. The zero-order valence-corrected chi connectivity index (χ0v) is 13.7. The minimum atomic E-state index is -0.116. The van der Waals surface area contributed by atoms with Crippen molar-refractivity contribution >= 4 is 51.5 Å². The molecule has 0 aliphatic carbocycles. The average molecular weight is 332 g/mol. The lowest BCUT2D eigenvalue weighted by Gasteiger charge is -2.10. The Morgan fingerprint density at radius 1 is 1.17 bits per heavy atom. The molecule has 2 aromatic carbocycles. The molecule has 0 radical (unpaired) electrons. The molecular formula is C17H18ClN3O2. The van der Waals surface area contributed by atoms with E-state index in [4.69, 9.17) is 10.5 Å². The number of rotatable bonds is 3. The highest BCUT2D eigenvalue weighted by Gasteiger charge is 2.09. The summed E-state index contributed by atoms with van der Waals surface area (Å²) in [5.41, 5.74) is 9.21. The van der Waals surface area contributed by atoms with E-state index in [-0.39, 0.29) is 18.3 Å². The fourth-order valence-corrected chi connectivity index (χ4v) is 2.49. The number of aromatic nitrogens is 1. The van der Waals surface area contributed by atoms with Crippen LogP contribution in [0.15, 0.2) is 36.4 Å². The van der Waals surface area contributed by atoms with E-state index in [0.717, 1.165) is 27.6 Å². The lowest BCUT2D eigenvalue weighted by Crippen LogP contribution is -2.05. The lowest BCUT2D eigenvalue weighted by atomic mass is 10.1. The Balaban J connectivity index is 0.00000192. The molecule has 0 bridgehead atoms. The van der Waals surface area contributed by atoms with E-state index in [0.29, 0.717) is 18.0 Å². The maximum Gasteiger partial charge on any atom is 0.221 e. The van der Waals surface area contributed by atoms with Gasteiger partial charge >= 0.3 is 0 Å². The number of halogens is 1. The highest BCUT2D eigenvalue weighted by Crippen LogP contribution is 2.32. The predicted octanol–water partition coefficient (Wildman–Crippen LogP) is 3.75. The summed E-state index contributed by atoms with van der Waals surface area (Å²) in [6.45, 7) is 4.02. The molecule has 3 N–H and O–H groups in total. The number of carbonyl (C=O) groups is 1. The molecule has 0 saturated carbocycles. The average Bonchev–Trinajstić information content (AvgIpc) is 2.47. The summed E-state index contributed by atoms with van der Waals surface area (Å²) in [6.07, 6.45) is 0. The molecule has 3 aromatic rings. The number of nitrogens with zero attached hydrogens (tertiary/aromatic N) is 1. The van der Waals surface area contributed by atoms with Crippen LogP contribution in [0.4, 0.5) is 11.4 Å². The van der Waals surface area contributed by atoms with Gasteiger partial charge in [0, 0.05) is 23.4 Å². The highest BCUT2D eigenvalue weighted by molar-refractivity contribution is 6.07. The molecule has 0 saturated heterocycles. The number of nitrogens with two attached hydrogens (primary N) is 1. The van der Waals surface area contributed by atoms with Crippen LogP contribution in [0.5, 0.6) is 5.75 Å². The summed E-state index contributed by atoms with van der Waals surface area (Å²) >= 11 is 0. The van der Waals surface area contributed by atoms with Gasteiger partial charge in [-0.3, -0.25) is 4.79 Å². The summed E-state index contributed by atoms with van der Waals surface area (Å²) < 4.78 is 5.51. The zero-order valence-electron chi connectivity index (χ0n) is 12.9. The van der Waals surface area contributed by atoms with Crippen LogP contribution >= 0.6 is 12.4 Å². The molecule has 6 heteroatoms. The number of amides is 1. The van der Waals surface area contributed by atoms with Gasteiger partial charge in [-0.05, 0) is 43.3 Å². The lowest BCUT2D eigenvalue weighted by molar-refractivity contribution is -0.114. The second kappa shape index (κ2) is 6.71. The van der Waals surface area contributed by atoms with E-state index in [1.165, 1.54) is 6.92 Å². The van der Waals surface area contributed by atoms with Gasteiger partial charge in [0.15, 0.2) is 0 Å². The summed E-state index contributed by atoms with van der Waals surface area (Å²) in [6, 6.07) is 11.2. The van der Waals surface area contributed by atoms with Gasteiger partial charge in [0.25, 0.3) is 0 Å². The van der Waals surface area contributed by atoms with Crippen LogP contribution in [-0.4, -0.2) is 17.5 Å². The third kappa shape index (κ3) is 3.29. The number of nitrogen functional groups attached to an aromatic ring is 1. The van der Waals surface area contributed by atoms with Crippen LogP contribution in [0.3, 0.4) is 0 Å². The Hall–Kier alpha value is -2.53. The first kappa shape index (κ1) is 16.8. The monoisotopic (exact) mass is 331 g/mol. The molecule has 120 valence electrons. The molecular weight excluding hydrogens is 314 g/mol. The number of nitrogens with one attached hydrogen (secondary N) is 1. The third-order valence-corrected chi connectivity index (χ3v) is 3.42. The smallest absolute Gasteiger partial charge is 0.221 e. The van der Waals surface area contributed by atoms with Crippen molar-refractivity contribution in [3.63, 3.8) is 0 Å². The van der Waals surface area contributed by atoms with Crippen LogP contribution in [0.25, 0.3) is 21.8 Å². The van der Waals surface area contributed by atoms with Gasteiger partial charge in [-0.25, -0.2) is 4.98 Å². The van der Waals surface area contributed by atoms with E-state index in [9.17, 15) is 4.79 Å². The zero-order chi connectivity index (χ0) is 15.7. The number of benzene rings is 2. The fraction of sp³-hybridized carbons (Fsp3) is 0.176. The Morgan fingerprint density at radius 2 is 1.96 bits per heavy atom. The van der Waals surface area contributed by atoms with E-state index >= 15 is 0 Å². The molecule has 0 aliphatic heterocycles. The Morgan fingerprint density at radius 3 is 2.65 bits per heavy atom. The molecule has 0 aliphatic rings. The number of hydrogen-bond acceptors (Lipinski definition) is 4. The van der Waals surface area contributed by atoms with Crippen molar-refractivity contribution in [2.75, 3.05) is 17.7 Å². The first-order chi connectivity index (χ1) is 10.6. The van der Waals surface area contributed by atoms with Crippen molar-refractivity contribution in [1.29, 1.82) is 0 Å². The van der Waals surface area contributed by atoms with Gasteiger partial charge in [0.1, 0.15) is 5.75 Å². The number of fused-ring (bicyclic) bond motifs is 2. The Bertz CT molecular complexity index is 880. The van der Waals surface area contributed by atoms with Gasteiger partial charge in [-0.15, -0.1) is 12.4 Å². The standard InChI is InChI=1S/C17H17N3O2.ClH/c1-3-22-12-5-7-15-14(9-12)17(18)13-6-4-11(19-10(2)21)8-16(13)20-15;/h4-9H,3H2,1-2H3,(H2,18,20)(H,19,21);1H. The topological polar surface area (TPSA) is 77.2 Å². The number of anilines is 2. The van der Waals surface area contributed by atoms with Crippen LogP contribution in [0.2, 0.25) is 0 Å². The highest BCUT2D eigenvalue weighted by atomic mass is 35.5. The van der Waals surface area contributed by atoms with Gasteiger partial charge in [-0.2, -0.15) is 0 Å². The van der Waals surface area contributed by atoms with E-state index in [1.807, 2.05) is 43.3 Å². The Kier molecular flexibility index (Phi) is 4.91. The van der Waals surface area contributed by atoms with Crippen molar-refractivity contribution in [3.8, 4) is 5.75 Å². The maximum atomic E-state index is 11.2. The van der Waals surface area contributed by atoms with Gasteiger partial charge in [0.05, 0.1) is 23.3 Å². The van der Waals surface area contributed by atoms with Crippen molar-refractivity contribution in [2.24, 2.45) is 0 Å². The van der Waals surface area contributed by atoms with Gasteiger partial charge in [-0.1, -0.05) is 0 Å². The van der Waals surface area contributed by atoms with E-state index in [2.05, 4.69) is 10.3 Å². The summed E-state index contributed by atoms with van der Waals surface area (Å²) in [5, 5.41) is 4.47. The predicted molar refractivity (Wildman–Crippen MR) is 96.4 cm³/mol. The molecule has 0 fully saturated rings. The van der Waals surface area contributed by atoms with Gasteiger partial charge in [0.2, 0.25) is 5.91 Å². The van der Waals surface area contributed by atoms with Crippen molar-refractivity contribution < 1.29 is 9.53 Å². The van der Waals surface area contributed by atoms with Crippen molar-refractivity contribution in [1.82, 2.24) is 4.98 Å². The summed E-state index contributed by atoms with van der Waals surface area (Å²) in [5.74, 6) is 0.659.